The van der Waals surface area contributed by atoms with E-state index in [4.69, 9.17) is 26.8 Å². The summed E-state index contributed by atoms with van der Waals surface area (Å²) in [6, 6.07) is 12.0. The van der Waals surface area contributed by atoms with E-state index in [0.717, 1.165) is 0 Å². The zero-order valence-corrected chi connectivity index (χ0v) is 18.1. The summed E-state index contributed by atoms with van der Waals surface area (Å²) in [6.07, 6.45) is 1.44. The largest absolute Gasteiger partial charge is 0.493 e. The van der Waals surface area contributed by atoms with E-state index in [1.807, 2.05) is 0 Å². The molecule has 13 heteroatoms. The summed E-state index contributed by atoms with van der Waals surface area (Å²) in [7, 11) is 3.07. The number of hydrogen-bond acceptors (Lipinski definition) is 10. The van der Waals surface area contributed by atoms with Crippen molar-refractivity contribution >= 4 is 29.5 Å². The maximum atomic E-state index is 12.9. The Kier molecular flexibility index (Phi) is 6.17. The van der Waals surface area contributed by atoms with Crippen LogP contribution in [-0.4, -0.2) is 51.6 Å². The lowest BCUT2D eigenvalue weighted by molar-refractivity contribution is 0.0950. The third-order valence-corrected chi connectivity index (χ3v) is 4.83. The highest BCUT2D eigenvalue weighted by atomic mass is 35.5. The van der Waals surface area contributed by atoms with Crippen LogP contribution in [0.2, 0.25) is 5.02 Å². The van der Waals surface area contributed by atoms with Crippen molar-refractivity contribution in [2.24, 2.45) is 5.10 Å². The van der Waals surface area contributed by atoms with Gasteiger partial charge >= 0.3 is 0 Å². The molecule has 0 aliphatic heterocycles. The molecule has 0 bridgehead atoms. The third kappa shape index (κ3) is 4.32. The number of carbonyl (C=O) groups is 1. The van der Waals surface area contributed by atoms with Crippen LogP contribution in [0.25, 0.3) is 17.1 Å². The molecule has 0 spiro atoms. The summed E-state index contributed by atoms with van der Waals surface area (Å²) in [5.41, 5.74) is 9.55. The Morgan fingerprint density at radius 2 is 1.97 bits per heavy atom. The Labute approximate surface area is 191 Å². The van der Waals surface area contributed by atoms with Gasteiger partial charge in [-0.05, 0) is 40.1 Å². The van der Waals surface area contributed by atoms with E-state index in [-0.39, 0.29) is 23.0 Å². The van der Waals surface area contributed by atoms with Crippen molar-refractivity contribution in [2.75, 3.05) is 20.0 Å². The topological polar surface area (TPSA) is 156 Å². The molecule has 0 radical (unpaired) electrons. The van der Waals surface area contributed by atoms with Crippen molar-refractivity contribution in [1.82, 2.24) is 30.7 Å². The minimum absolute atomic E-state index is 0.0355. The van der Waals surface area contributed by atoms with Crippen LogP contribution < -0.4 is 20.6 Å². The Hall–Kier alpha value is -4.45. The van der Waals surface area contributed by atoms with Gasteiger partial charge in [-0.15, -0.1) is 5.10 Å². The zero-order chi connectivity index (χ0) is 23.4. The van der Waals surface area contributed by atoms with Crippen molar-refractivity contribution in [3.63, 3.8) is 0 Å². The van der Waals surface area contributed by atoms with Gasteiger partial charge in [0.1, 0.15) is 5.69 Å². The number of halogens is 1. The molecule has 4 aromatic rings. The van der Waals surface area contributed by atoms with Crippen molar-refractivity contribution in [3.05, 3.63) is 58.7 Å². The lowest BCUT2D eigenvalue weighted by Crippen LogP contribution is -2.19. The van der Waals surface area contributed by atoms with Gasteiger partial charge in [0, 0.05) is 5.56 Å². The molecule has 0 fully saturated rings. The van der Waals surface area contributed by atoms with Gasteiger partial charge in [-0.3, -0.25) is 4.79 Å². The zero-order valence-electron chi connectivity index (χ0n) is 17.4. The third-order valence-electron chi connectivity index (χ3n) is 4.50. The van der Waals surface area contributed by atoms with Crippen LogP contribution in [-0.2, 0) is 0 Å². The summed E-state index contributed by atoms with van der Waals surface area (Å²) >= 11 is 6.36. The Bertz CT molecular complexity index is 1330. The van der Waals surface area contributed by atoms with Gasteiger partial charge in [-0.1, -0.05) is 35.0 Å². The maximum absolute atomic E-state index is 12.9. The molecule has 0 aliphatic rings. The highest BCUT2D eigenvalue weighted by Crippen LogP contribution is 2.32. The number of amides is 1. The van der Waals surface area contributed by atoms with Crippen LogP contribution in [0.1, 0.15) is 16.1 Å². The number of benzene rings is 2. The van der Waals surface area contributed by atoms with E-state index in [1.54, 1.807) is 49.6 Å². The number of aromatic nitrogens is 5. The van der Waals surface area contributed by atoms with Crippen molar-refractivity contribution in [3.8, 4) is 28.6 Å². The van der Waals surface area contributed by atoms with E-state index in [2.05, 4.69) is 35.8 Å². The SMILES string of the molecule is COc1ccc(/C=N/NC(=O)c2nnn(-c3nonc3N)c2-c2ccccc2Cl)cc1OC. The first-order chi connectivity index (χ1) is 16.0. The number of rotatable bonds is 7. The predicted molar refractivity (Wildman–Crippen MR) is 119 cm³/mol. The van der Waals surface area contributed by atoms with Crippen molar-refractivity contribution < 1.29 is 18.9 Å². The van der Waals surface area contributed by atoms with Gasteiger partial charge in [-0.25, -0.2) is 10.1 Å². The van der Waals surface area contributed by atoms with Crippen LogP contribution in [0.4, 0.5) is 5.82 Å². The lowest BCUT2D eigenvalue weighted by Gasteiger charge is -2.08. The van der Waals surface area contributed by atoms with E-state index in [0.29, 0.717) is 27.6 Å². The summed E-state index contributed by atoms with van der Waals surface area (Å²) in [5, 5.41) is 19.6. The molecule has 0 unspecified atom stereocenters. The predicted octanol–water partition coefficient (Wildman–Crippen LogP) is 2.33. The number of nitrogens with one attached hydrogen (secondary N) is 1. The first kappa shape index (κ1) is 21.8. The number of nitrogens with zero attached hydrogens (tertiary/aromatic N) is 6. The van der Waals surface area contributed by atoms with Gasteiger partial charge < -0.3 is 15.2 Å². The molecule has 1 amide bonds. The monoisotopic (exact) mass is 468 g/mol. The average Bonchev–Trinajstić information content (AvgIpc) is 3.45. The fraction of sp³-hybridized carbons (Fsp3) is 0.100. The fourth-order valence-electron chi connectivity index (χ4n) is 2.97. The second-order valence-corrected chi connectivity index (χ2v) is 6.87. The van der Waals surface area contributed by atoms with Crippen LogP contribution in [0, 0.1) is 0 Å². The molecule has 0 aliphatic carbocycles. The van der Waals surface area contributed by atoms with Crippen molar-refractivity contribution in [1.29, 1.82) is 0 Å². The van der Waals surface area contributed by atoms with Crippen LogP contribution in [0.15, 0.2) is 52.2 Å². The Morgan fingerprint density at radius 1 is 1.18 bits per heavy atom. The molecular weight excluding hydrogens is 452 g/mol. The molecule has 4 rings (SSSR count). The molecule has 168 valence electrons. The van der Waals surface area contributed by atoms with Crippen LogP contribution >= 0.6 is 11.6 Å². The smallest absolute Gasteiger partial charge is 0.294 e. The maximum Gasteiger partial charge on any atom is 0.294 e. The Balaban J connectivity index is 1.66. The Morgan fingerprint density at radius 3 is 2.67 bits per heavy atom. The normalized spacial score (nSPS) is 11.0. The average molecular weight is 469 g/mol. The molecule has 2 heterocycles. The minimum atomic E-state index is -0.636. The number of methoxy groups -OCH3 is 2. The summed E-state index contributed by atoms with van der Waals surface area (Å²) in [6.45, 7) is 0. The molecular formula is C20H17ClN8O4. The summed E-state index contributed by atoms with van der Waals surface area (Å²) < 4.78 is 16.3. The molecule has 3 N–H and O–H groups in total. The van der Waals surface area contributed by atoms with Gasteiger partial charge in [-0.2, -0.15) is 9.78 Å². The molecule has 2 aromatic carbocycles. The molecule has 33 heavy (non-hydrogen) atoms. The number of hydrogen-bond donors (Lipinski definition) is 2. The summed E-state index contributed by atoms with van der Waals surface area (Å²) in [4.78, 5) is 12.9. The van der Waals surface area contributed by atoms with Gasteiger partial charge in [0.25, 0.3) is 5.91 Å². The van der Waals surface area contributed by atoms with Crippen molar-refractivity contribution in [2.45, 2.75) is 0 Å². The molecule has 0 saturated carbocycles. The second kappa shape index (κ2) is 9.36. The fourth-order valence-corrected chi connectivity index (χ4v) is 3.19. The standard InChI is InChI=1S/C20H17ClN8O4/c1-31-14-8-7-11(9-15(14)32-2)10-23-25-20(30)16-17(12-5-3-4-6-13(12)21)29(28-24-16)19-18(22)26-33-27-19/h3-10H,1-2H3,(H2,22,26)(H,25,30)/b23-10+. The van der Waals surface area contributed by atoms with Crippen LogP contribution in [0.5, 0.6) is 11.5 Å². The number of anilines is 1. The molecule has 0 saturated heterocycles. The molecule has 12 nitrogen and oxygen atoms in total. The van der Waals surface area contributed by atoms with E-state index in [9.17, 15) is 4.79 Å². The van der Waals surface area contributed by atoms with E-state index in [1.165, 1.54) is 18.0 Å². The molecule has 2 aromatic heterocycles. The van der Waals surface area contributed by atoms with Gasteiger partial charge in [0.15, 0.2) is 17.2 Å². The second-order valence-electron chi connectivity index (χ2n) is 6.46. The minimum Gasteiger partial charge on any atom is -0.493 e. The van der Waals surface area contributed by atoms with Gasteiger partial charge in [0.05, 0.1) is 25.5 Å². The summed E-state index contributed by atoms with van der Waals surface area (Å²) in [5.74, 6) is 0.483. The lowest BCUT2D eigenvalue weighted by atomic mass is 10.1. The highest BCUT2D eigenvalue weighted by molar-refractivity contribution is 6.33. The van der Waals surface area contributed by atoms with Gasteiger partial charge in [0.2, 0.25) is 11.6 Å². The number of carbonyl (C=O) groups excluding carboxylic acids is 1. The quantitative estimate of drug-likeness (QED) is 0.307. The number of nitrogen functional groups attached to an aromatic ring is 1. The number of hydrazone groups is 1. The molecule has 0 atom stereocenters. The first-order valence-corrected chi connectivity index (χ1v) is 9.75. The first-order valence-electron chi connectivity index (χ1n) is 9.38. The van der Waals surface area contributed by atoms with E-state index >= 15 is 0 Å². The van der Waals surface area contributed by atoms with Crippen LogP contribution in [0.3, 0.4) is 0 Å². The number of ether oxygens (including phenoxy) is 2. The van der Waals surface area contributed by atoms with E-state index < -0.39 is 5.91 Å². The number of nitrogens with two attached hydrogens (primary N) is 1. The highest BCUT2D eigenvalue weighted by Gasteiger charge is 2.26.